The van der Waals surface area contributed by atoms with E-state index < -0.39 is 0 Å². The zero-order valence-electron chi connectivity index (χ0n) is 11.1. The second-order valence-corrected chi connectivity index (χ2v) is 7.26. The lowest BCUT2D eigenvalue weighted by molar-refractivity contribution is -0.109. The van der Waals surface area contributed by atoms with Gasteiger partial charge in [-0.05, 0) is 41.7 Å². The third-order valence-electron chi connectivity index (χ3n) is 3.44. The van der Waals surface area contributed by atoms with E-state index in [0.29, 0.717) is 0 Å². The van der Waals surface area contributed by atoms with Gasteiger partial charge in [0.2, 0.25) is 0 Å². The molecule has 1 nitrogen and oxygen atoms in total. The fraction of sp³-hybridized carbons (Fsp3) is 0.312. The molecule has 1 heterocycles. The van der Waals surface area contributed by atoms with Gasteiger partial charge in [0.05, 0.1) is 0 Å². The first-order chi connectivity index (χ1) is 8.36. The monoisotopic (exact) mass is 256 g/mol. The summed E-state index contributed by atoms with van der Waals surface area (Å²) in [5.74, 6) is 0.158. The molecule has 0 radical (unpaired) electrons. The molecule has 0 aliphatic heterocycles. The molecule has 0 atom stereocenters. The normalized spacial score (nSPS) is 18.0. The Hall–Kier alpha value is -1.41. The average Bonchev–Trinajstić information content (AvgIpc) is 2.71. The van der Waals surface area contributed by atoms with Crippen molar-refractivity contribution in [2.75, 3.05) is 0 Å². The summed E-state index contributed by atoms with van der Waals surface area (Å²) in [5.41, 5.74) is 3.12. The van der Waals surface area contributed by atoms with Gasteiger partial charge in [-0.2, -0.15) is 0 Å². The van der Waals surface area contributed by atoms with Gasteiger partial charge in [0.1, 0.15) is 0 Å². The Morgan fingerprint density at radius 2 is 1.83 bits per heavy atom. The standard InChI is InChI=1S/C16H16OS/c1-9-5-12-14(18-9)7-10-6-11(16(2,3)4)8-13(17)15(10)12/h5-8H,1-4H3. The van der Waals surface area contributed by atoms with Crippen molar-refractivity contribution in [3.8, 4) is 0 Å². The number of fused-ring (bicyclic) bond motifs is 2. The first-order valence-corrected chi connectivity index (χ1v) is 6.99. The van der Waals surface area contributed by atoms with Crippen LogP contribution in [0.4, 0.5) is 0 Å². The van der Waals surface area contributed by atoms with Crippen LogP contribution in [-0.2, 0) is 4.79 Å². The van der Waals surface area contributed by atoms with Crippen LogP contribution < -0.4 is 9.75 Å². The van der Waals surface area contributed by atoms with Gasteiger partial charge in [-0.25, -0.2) is 0 Å². The van der Waals surface area contributed by atoms with E-state index in [2.05, 4.69) is 45.9 Å². The highest BCUT2D eigenvalue weighted by Crippen LogP contribution is 2.34. The maximum absolute atomic E-state index is 12.3. The van der Waals surface area contributed by atoms with Crippen molar-refractivity contribution in [1.29, 1.82) is 0 Å². The number of aryl methyl sites for hydroxylation is 1. The first-order valence-electron chi connectivity index (χ1n) is 6.17. The minimum Gasteiger partial charge on any atom is -0.289 e. The fourth-order valence-corrected chi connectivity index (χ4v) is 3.43. The van der Waals surface area contributed by atoms with Crippen LogP contribution in [0.1, 0.15) is 25.6 Å². The summed E-state index contributed by atoms with van der Waals surface area (Å²) in [6.45, 7) is 8.51. The number of hydrogen-bond donors (Lipinski definition) is 0. The van der Waals surface area contributed by atoms with Gasteiger partial charge in [0.15, 0.2) is 5.78 Å². The summed E-state index contributed by atoms with van der Waals surface area (Å²) in [4.78, 5) is 13.6. The number of rotatable bonds is 0. The number of ketones is 1. The lowest BCUT2D eigenvalue weighted by Gasteiger charge is -2.23. The predicted molar refractivity (Wildman–Crippen MR) is 76.8 cm³/mol. The van der Waals surface area contributed by atoms with Gasteiger partial charge in [-0.15, -0.1) is 11.3 Å². The van der Waals surface area contributed by atoms with E-state index >= 15 is 0 Å². The molecule has 1 aromatic rings. The highest BCUT2D eigenvalue weighted by Gasteiger charge is 2.26. The molecule has 0 amide bonds. The van der Waals surface area contributed by atoms with Crippen LogP contribution in [0, 0.1) is 12.3 Å². The van der Waals surface area contributed by atoms with Crippen molar-refractivity contribution in [3.63, 3.8) is 0 Å². The predicted octanol–water partition coefficient (Wildman–Crippen LogP) is 2.48. The van der Waals surface area contributed by atoms with E-state index in [0.717, 1.165) is 21.9 Å². The Labute approximate surface area is 111 Å². The van der Waals surface area contributed by atoms with Gasteiger partial charge >= 0.3 is 0 Å². The fourth-order valence-electron chi connectivity index (χ4n) is 2.45. The molecule has 2 aliphatic carbocycles. The SMILES string of the molecule is Cc1cc2c(s1)=CC1=CC(C(C)(C)C)=CC(=O)C=21. The first kappa shape index (κ1) is 11.7. The minimum absolute atomic E-state index is 0.0218. The van der Waals surface area contributed by atoms with Gasteiger partial charge in [-0.3, -0.25) is 4.79 Å². The Bertz CT molecular complexity index is 733. The van der Waals surface area contributed by atoms with E-state index in [1.807, 2.05) is 0 Å². The van der Waals surface area contributed by atoms with Crippen LogP contribution >= 0.6 is 11.3 Å². The van der Waals surface area contributed by atoms with E-state index in [9.17, 15) is 4.79 Å². The lowest BCUT2D eigenvalue weighted by Crippen LogP contribution is -2.21. The van der Waals surface area contributed by atoms with Gasteiger partial charge in [0.25, 0.3) is 0 Å². The molecule has 0 N–H and O–H groups in total. The maximum atomic E-state index is 12.3. The summed E-state index contributed by atoms with van der Waals surface area (Å²) in [5, 5.41) is 1.12. The van der Waals surface area contributed by atoms with E-state index in [1.165, 1.54) is 9.41 Å². The van der Waals surface area contributed by atoms with E-state index in [1.54, 1.807) is 17.4 Å². The van der Waals surface area contributed by atoms with Crippen molar-refractivity contribution in [1.82, 2.24) is 0 Å². The highest BCUT2D eigenvalue weighted by molar-refractivity contribution is 7.09. The molecular weight excluding hydrogens is 240 g/mol. The number of carbonyl (C=O) groups excluding carboxylic acids is 1. The molecule has 92 valence electrons. The second-order valence-electron chi connectivity index (χ2n) is 5.97. The molecule has 2 heteroatoms. The highest BCUT2D eigenvalue weighted by atomic mass is 32.1. The molecule has 0 saturated heterocycles. The summed E-state index contributed by atoms with van der Waals surface area (Å²) >= 11 is 1.76. The van der Waals surface area contributed by atoms with Crippen LogP contribution in [0.25, 0.3) is 11.6 Å². The Balaban J connectivity index is 2.24. The summed E-state index contributed by atoms with van der Waals surface area (Å²) < 4.78 is 1.23. The number of allylic oxidation sites excluding steroid dienone is 4. The average molecular weight is 256 g/mol. The number of hydrogen-bond acceptors (Lipinski definition) is 2. The van der Waals surface area contributed by atoms with Gasteiger partial charge in [-0.1, -0.05) is 26.8 Å². The van der Waals surface area contributed by atoms with Gasteiger partial charge < -0.3 is 0 Å². The molecule has 18 heavy (non-hydrogen) atoms. The van der Waals surface area contributed by atoms with Crippen molar-refractivity contribution in [2.24, 2.45) is 5.41 Å². The summed E-state index contributed by atoms with van der Waals surface area (Å²) in [6, 6.07) is 2.13. The molecule has 0 unspecified atom stereocenters. The van der Waals surface area contributed by atoms with Gasteiger partial charge in [0, 0.05) is 20.2 Å². The third kappa shape index (κ3) is 1.64. The zero-order valence-corrected chi connectivity index (χ0v) is 11.9. The number of thiophene rings is 1. The maximum Gasteiger partial charge on any atom is 0.187 e. The molecule has 0 saturated carbocycles. The second kappa shape index (κ2) is 3.55. The molecule has 3 rings (SSSR count). The van der Waals surface area contributed by atoms with Crippen molar-refractivity contribution in [2.45, 2.75) is 27.7 Å². The molecular formula is C16H16OS. The third-order valence-corrected chi connectivity index (χ3v) is 4.44. The van der Waals surface area contributed by atoms with Crippen molar-refractivity contribution < 1.29 is 4.79 Å². The largest absolute Gasteiger partial charge is 0.289 e. The molecule has 2 aliphatic rings. The lowest BCUT2D eigenvalue weighted by atomic mass is 9.80. The summed E-state index contributed by atoms with van der Waals surface area (Å²) in [7, 11) is 0. The van der Waals surface area contributed by atoms with E-state index in [4.69, 9.17) is 0 Å². The molecule has 0 fully saturated rings. The zero-order chi connectivity index (χ0) is 13.1. The molecule has 0 aromatic carbocycles. The molecule has 1 aromatic heterocycles. The Kier molecular flexibility index (Phi) is 2.30. The van der Waals surface area contributed by atoms with Crippen molar-refractivity contribution in [3.05, 3.63) is 44.0 Å². The quantitative estimate of drug-likeness (QED) is 0.697. The smallest absolute Gasteiger partial charge is 0.187 e. The van der Waals surface area contributed by atoms with Crippen molar-refractivity contribution >= 4 is 28.8 Å². The van der Waals surface area contributed by atoms with Crippen LogP contribution in [0.2, 0.25) is 0 Å². The molecule has 0 spiro atoms. The van der Waals surface area contributed by atoms with E-state index in [-0.39, 0.29) is 11.2 Å². The number of carbonyl (C=O) groups is 1. The minimum atomic E-state index is 0.0218. The Morgan fingerprint density at radius 3 is 2.50 bits per heavy atom. The summed E-state index contributed by atoms with van der Waals surface area (Å²) in [6.07, 6.45) is 6.12. The Morgan fingerprint density at radius 1 is 1.11 bits per heavy atom. The van der Waals surface area contributed by atoms with Crippen LogP contribution in [-0.4, -0.2) is 5.78 Å². The molecule has 0 bridgehead atoms. The van der Waals surface area contributed by atoms with Crippen LogP contribution in [0.3, 0.4) is 0 Å². The van der Waals surface area contributed by atoms with Crippen LogP contribution in [0.15, 0.2) is 29.4 Å². The topological polar surface area (TPSA) is 17.1 Å². The van der Waals surface area contributed by atoms with Crippen LogP contribution in [0.5, 0.6) is 0 Å².